The van der Waals surface area contributed by atoms with Gasteiger partial charge in [0.1, 0.15) is 30.5 Å². The molecule has 0 saturated carbocycles. The van der Waals surface area contributed by atoms with Gasteiger partial charge in [-0.1, -0.05) is 44.6 Å². The normalized spacial score (nSPS) is 33.3. The van der Waals surface area contributed by atoms with Gasteiger partial charge in [-0.2, -0.15) is 0 Å². The summed E-state index contributed by atoms with van der Waals surface area (Å²) in [6, 6.07) is 4.61. The van der Waals surface area contributed by atoms with E-state index in [1.807, 2.05) is 6.08 Å². The zero-order chi connectivity index (χ0) is 58.8. The average Bonchev–Trinajstić information content (AvgIpc) is 3.37. The Kier molecular flexibility index (Phi) is 25.8. The van der Waals surface area contributed by atoms with Gasteiger partial charge in [-0.15, -0.1) is 0 Å². The molecule has 0 aliphatic carbocycles. The van der Waals surface area contributed by atoms with Crippen molar-refractivity contribution in [2.24, 2.45) is 23.7 Å². The zero-order valence-corrected chi connectivity index (χ0v) is 47.8. The number of ether oxygens (including phenoxy) is 11. The Morgan fingerprint density at radius 3 is 1.94 bits per heavy atom. The second-order valence-electron chi connectivity index (χ2n) is 20.5. The maximum Gasteiger partial charge on any atom is 0.331 e. The molecule has 0 amide bonds. The number of cyclic esters (lactones) is 1. The van der Waals surface area contributed by atoms with E-state index in [9.17, 15) is 43.7 Å². The molecular weight excluding hydrogens is 1030 g/mol. The van der Waals surface area contributed by atoms with Gasteiger partial charge in [-0.25, -0.2) is 4.79 Å². The van der Waals surface area contributed by atoms with E-state index < -0.39 is 145 Å². The van der Waals surface area contributed by atoms with Gasteiger partial charge in [0.15, 0.2) is 36.4 Å². The summed E-state index contributed by atoms with van der Waals surface area (Å²) in [5, 5.41) is 11.3. The van der Waals surface area contributed by atoms with Gasteiger partial charge in [0.25, 0.3) is 5.69 Å². The Bertz CT molecular complexity index is 2380. The van der Waals surface area contributed by atoms with Crippen molar-refractivity contribution >= 4 is 53.2 Å². The maximum atomic E-state index is 14.7. The monoisotopic (exact) mass is 1110 g/mol. The molecule has 2 fully saturated rings. The number of benzene rings is 1. The lowest BCUT2D eigenvalue weighted by molar-refractivity contribution is -0.384. The molecule has 0 radical (unpaired) electrons. The molecule has 3 heterocycles. The first-order chi connectivity index (χ1) is 37.3. The number of nitrogens with zero attached hydrogens (tertiary/aromatic N) is 2. The third kappa shape index (κ3) is 19.4. The highest BCUT2D eigenvalue weighted by Crippen LogP contribution is 2.38. The van der Waals surface area contributed by atoms with Crippen LogP contribution in [-0.4, -0.2) is 166 Å². The van der Waals surface area contributed by atoms with Crippen molar-refractivity contribution in [1.29, 1.82) is 0 Å². The van der Waals surface area contributed by atoms with Crippen molar-refractivity contribution in [3.05, 3.63) is 82.0 Å². The van der Waals surface area contributed by atoms with Gasteiger partial charge in [0, 0.05) is 71.0 Å². The van der Waals surface area contributed by atoms with Crippen LogP contribution in [0.5, 0.6) is 0 Å². The van der Waals surface area contributed by atoms with Gasteiger partial charge < -0.3 is 52.1 Å². The lowest BCUT2D eigenvalue weighted by atomic mass is 9.79. The van der Waals surface area contributed by atoms with Crippen molar-refractivity contribution in [2.75, 3.05) is 34.9 Å². The molecule has 17 atom stereocenters. The molecule has 3 aliphatic rings. The lowest BCUT2D eigenvalue weighted by Crippen LogP contribution is -2.65. The SMILES string of the molecule is CC[C@H]1OC(=O)C[C@@H](OC(=O)/C=C/c2ccc([N+](=O)[O-])cc2)[C@H](C)[C@@H](O[C@H]2O[C@@H](C)[C@H](OC(C)=O)[C@@H](N(C)C)[C@@H]2OC(C)=O)[C@@H](C/C=C/C(C)=O)C[C@@H](C)C(=O)/C=C/C(C)=C/[C@@H]1CO[C@@H]1O[C@H](C)[C@@H](OC(C)=O)[C@@H](OC)[C@H]1OC. The highest BCUT2D eigenvalue weighted by molar-refractivity contribution is 5.92. The first kappa shape index (κ1) is 65.5. The van der Waals surface area contributed by atoms with E-state index in [1.165, 1.54) is 84.4 Å². The highest BCUT2D eigenvalue weighted by Gasteiger charge is 2.52. The molecule has 22 nitrogen and oxygen atoms in total. The van der Waals surface area contributed by atoms with Crippen LogP contribution in [0.3, 0.4) is 0 Å². The summed E-state index contributed by atoms with van der Waals surface area (Å²) in [4.78, 5) is 105. The second-order valence-corrected chi connectivity index (χ2v) is 20.5. The summed E-state index contributed by atoms with van der Waals surface area (Å²) in [6.07, 6.45) is -1.72. The van der Waals surface area contributed by atoms with Crippen LogP contribution >= 0.6 is 0 Å². The van der Waals surface area contributed by atoms with Gasteiger partial charge in [-0.05, 0) is 103 Å². The van der Waals surface area contributed by atoms with Crippen LogP contribution in [-0.2, 0) is 85.7 Å². The van der Waals surface area contributed by atoms with Gasteiger partial charge >= 0.3 is 29.8 Å². The summed E-state index contributed by atoms with van der Waals surface area (Å²) in [7, 11) is 6.30. The maximum absolute atomic E-state index is 14.7. The molecule has 2 saturated heterocycles. The number of methoxy groups -OCH3 is 2. The number of esters is 5. The Hall–Kier alpha value is -6.01. The number of carbonyl (C=O) groups is 7. The van der Waals surface area contributed by atoms with Crippen molar-refractivity contribution in [2.45, 2.75) is 175 Å². The predicted octanol–water partition coefficient (Wildman–Crippen LogP) is 6.39. The van der Waals surface area contributed by atoms with Crippen LogP contribution in [0.2, 0.25) is 0 Å². The molecule has 0 aromatic heterocycles. The standard InChI is InChI=1S/C57H80N2O20/c1-15-45-42(30-71-56-55(70-14)54(69-13)52(36(7)72-56)75-38(9)62)27-31(2)19-25-44(64)32(3)28-41(18-16-17-33(4)60)50(79-57-53(76-39(10)63)49(58(11)12)51(35(6)73-57)74-37(8)61)34(5)46(29-48(66)77-45)78-47(65)26-22-40-20-23-43(24-21-40)59(67)68/h16-17,19-27,32,34-36,41-42,45-46,49-57H,15,18,28-30H2,1-14H3/b17-16+,25-19+,26-22+,31-27+/t32-,34+,35+,36-,41+,42-,45-,46-,49-,50-,51+,52-,53+,54-,55-,56-,57-/m1/s1. The fraction of sp³-hybridized carbons (Fsp3) is 0.632. The second kappa shape index (κ2) is 31.1. The van der Waals surface area contributed by atoms with Crippen molar-refractivity contribution in [3.63, 3.8) is 0 Å². The number of nitro groups is 1. The van der Waals surface area contributed by atoms with Crippen LogP contribution in [0.15, 0.2) is 66.3 Å². The minimum Gasteiger partial charge on any atom is -0.462 e. The Morgan fingerprint density at radius 1 is 0.772 bits per heavy atom. The number of nitro benzene ring substituents is 1. The number of carbonyl (C=O) groups excluding carboxylic acids is 7. The lowest BCUT2D eigenvalue weighted by Gasteiger charge is -2.48. The van der Waals surface area contributed by atoms with Crippen LogP contribution in [0.4, 0.5) is 5.69 Å². The highest BCUT2D eigenvalue weighted by atomic mass is 16.7. The largest absolute Gasteiger partial charge is 0.462 e. The number of hydrogen-bond acceptors (Lipinski definition) is 21. The molecule has 438 valence electrons. The smallest absolute Gasteiger partial charge is 0.331 e. The van der Waals surface area contributed by atoms with Gasteiger partial charge in [-0.3, -0.25) is 43.8 Å². The summed E-state index contributed by atoms with van der Waals surface area (Å²) < 4.78 is 67.4. The molecule has 1 aromatic rings. The summed E-state index contributed by atoms with van der Waals surface area (Å²) in [6.45, 7) is 15.4. The number of hydrogen-bond donors (Lipinski definition) is 0. The fourth-order valence-electron chi connectivity index (χ4n) is 10.2. The van der Waals surface area contributed by atoms with E-state index in [0.29, 0.717) is 11.1 Å². The van der Waals surface area contributed by atoms with E-state index in [0.717, 1.165) is 6.08 Å². The van der Waals surface area contributed by atoms with E-state index in [1.54, 1.807) is 72.7 Å². The molecule has 3 aliphatic heterocycles. The van der Waals surface area contributed by atoms with Crippen LogP contribution in [0, 0.1) is 33.8 Å². The van der Waals surface area contributed by atoms with E-state index in [2.05, 4.69) is 0 Å². The van der Waals surface area contributed by atoms with Crippen molar-refractivity contribution < 1.29 is 90.6 Å². The van der Waals surface area contributed by atoms with Crippen molar-refractivity contribution in [3.8, 4) is 0 Å². The zero-order valence-electron chi connectivity index (χ0n) is 47.8. The Balaban J connectivity index is 1.89. The first-order valence-corrected chi connectivity index (χ1v) is 26.5. The van der Waals surface area contributed by atoms with Gasteiger partial charge in [0.05, 0.1) is 42.3 Å². The summed E-state index contributed by atoms with van der Waals surface area (Å²) >= 11 is 0. The third-order valence-electron chi connectivity index (χ3n) is 14.1. The predicted molar refractivity (Wildman–Crippen MR) is 284 cm³/mol. The number of rotatable bonds is 19. The molecule has 4 rings (SSSR count). The molecule has 0 spiro atoms. The quantitative estimate of drug-likeness (QED) is 0.0477. The third-order valence-corrected chi connectivity index (χ3v) is 14.1. The topological polar surface area (TPSA) is 267 Å². The van der Waals surface area contributed by atoms with E-state index in [4.69, 9.17) is 52.1 Å². The van der Waals surface area contributed by atoms with E-state index in [-0.39, 0.29) is 43.1 Å². The first-order valence-electron chi connectivity index (χ1n) is 26.5. The van der Waals surface area contributed by atoms with E-state index >= 15 is 0 Å². The minimum absolute atomic E-state index is 0.109. The molecule has 0 bridgehead atoms. The molecule has 22 heteroatoms. The van der Waals surface area contributed by atoms with Crippen LogP contribution in [0.25, 0.3) is 6.08 Å². The van der Waals surface area contributed by atoms with Gasteiger partial charge in [0.2, 0.25) is 0 Å². The molecule has 79 heavy (non-hydrogen) atoms. The fourth-order valence-corrected chi connectivity index (χ4v) is 10.2. The van der Waals surface area contributed by atoms with Crippen LogP contribution in [0.1, 0.15) is 100 Å². The number of ketones is 2. The molecule has 0 unspecified atom stereocenters. The molecule has 1 aromatic carbocycles. The number of allylic oxidation sites excluding steroid dienone is 5. The Morgan fingerprint density at radius 2 is 1.37 bits per heavy atom. The minimum atomic E-state index is -1.40. The Labute approximate surface area is 462 Å². The van der Waals surface area contributed by atoms with Crippen molar-refractivity contribution in [1.82, 2.24) is 4.90 Å². The number of likely N-dealkylation sites (N-methyl/N-ethyl adjacent to an activating group) is 1. The number of non-ortho nitro benzene ring substituents is 1. The molecule has 0 N–H and O–H groups in total. The average molecular weight is 1110 g/mol. The van der Waals surface area contributed by atoms with Crippen LogP contribution < -0.4 is 0 Å². The molecular formula is C57H80N2O20. The summed E-state index contributed by atoms with van der Waals surface area (Å²) in [5.74, 6) is -7.17. The summed E-state index contributed by atoms with van der Waals surface area (Å²) in [5.41, 5.74) is 0.882.